The predicted molar refractivity (Wildman–Crippen MR) is 102 cm³/mol. The third-order valence-corrected chi connectivity index (χ3v) is 6.48. The summed E-state index contributed by atoms with van der Waals surface area (Å²) >= 11 is 0. The van der Waals surface area contributed by atoms with Crippen LogP contribution in [-0.4, -0.2) is 59.5 Å². The Balaban J connectivity index is 1.58. The number of fused-ring (bicyclic) bond motifs is 1. The van der Waals surface area contributed by atoms with Gasteiger partial charge in [0.2, 0.25) is 11.9 Å². The summed E-state index contributed by atoms with van der Waals surface area (Å²) in [6, 6.07) is 2.36. The highest BCUT2D eigenvalue weighted by molar-refractivity contribution is 5.84. The Morgan fingerprint density at radius 2 is 2.08 bits per heavy atom. The van der Waals surface area contributed by atoms with Crippen LogP contribution in [0.1, 0.15) is 39.5 Å². The SMILES string of the molecule is CC(C)N1CCC[C@]2(C(=O)NCC3CC3)CN(c3ncccn3)C[C@@H]2C1. The number of hydrogen-bond acceptors (Lipinski definition) is 5. The van der Waals surface area contributed by atoms with Gasteiger partial charge in [-0.3, -0.25) is 4.79 Å². The molecule has 1 saturated carbocycles. The molecule has 26 heavy (non-hydrogen) atoms. The lowest BCUT2D eigenvalue weighted by molar-refractivity contribution is -0.132. The molecule has 1 N–H and O–H groups in total. The molecule has 142 valence electrons. The van der Waals surface area contributed by atoms with Gasteiger partial charge < -0.3 is 15.1 Å². The van der Waals surface area contributed by atoms with Crippen LogP contribution in [0.25, 0.3) is 0 Å². The molecule has 1 aromatic heterocycles. The van der Waals surface area contributed by atoms with Crippen molar-refractivity contribution in [3.8, 4) is 0 Å². The number of carbonyl (C=O) groups is 1. The van der Waals surface area contributed by atoms with Gasteiger partial charge in [-0.25, -0.2) is 9.97 Å². The Labute approximate surface area is 156 Å². The molecule has 1 aliphatic carbocycles. The zero-order valence-electron chi connectivity index (χ0n) is 16.0. The van der Waals surface area contributed by atoms with Crippen molar-refractivity contribution in [2.45, 2.75) is 45.6 Å². The first-order chi connectivity index (χ1) is 12.6. The predicted octanol–water partition coefficient (Wildman–Crippen LogP) is 1.93. The van der Waals surface area contributed by atoms with Gasteiger partial charge in [0, 0.05) is 50.5 Å². The summed E-state index contributed by atoms with van der Waals surface area (Å²) in [6.07, 6.45) is 8.15. The number of hydrogen-bond donors (Lipinski definition) is 1. The number of anilines is 1. The second kappa shape index (κ2) is 7.14. The first-order valence-corrected chi connectivity index (χ1v) is 10.1. The van der Waals surface area contributed by atoms with Crippen molar-refractivity contribution in [3.63, 3.8) is 0 Å². The van der Waals surface area contributed by atoms with Crippen molar-refractivity contribution in [3.05, 3.63) is 18.5 Å². The fourth-order valence-corrected chi connectivity index (χ4v) is 4.64. The van der Waals surface area contributed by atoms with E-state index < -0.39 is 0 Å². The zero-order valence-corrected chi connectivity index (χ0v) is 16.0. The number of carbonyl (C=O) groups excluding carboxylic acids is 1. The number of rotatable bonds is 5. The zero-order chi connectivity index (χ0) is 18.1. The average Bonchev–Trinajstić information content (AvgIpc) is 3.43. The van der Waals surface area contributed by atoms with Crippen molar-refractivity contribution in [1.29, 1.82) is 0 Å². The monoisotopic (exact) mass is 357 g/mol. The number of nitrogens with one attached hydrogen (secondary N) is 1. The second-order valence-electron chi connectivity index (χ2n) is 8.63. The van der Waals surface area contributed by atoms with Crippen molar-refractivity contribution in [2.75, 3.05) is 37.6 Å². The topological polar surface area (TPSA) is 61.4 Å². The summed E-state index contributed by atoms with van der Waals surface area (Å²) in [4.78, 5) is 27.0. The molecule has 0 unspecified atom stereocenters. The van der Waals surface area contributed by atoms with Crippen LogP contribution < -0.4 is 10.2 Å². The maximum atomic E-state index is 13.3. The molecule has 0 radical (unpaired) electrons. The van der Waals surface area contributed by atoms with Crippen molar-refractivity contribution in [1.82, 2.24) is 20.2 Å². The smallest absolute Gasteiger partial charge is 0.228 e. The summed E-state index contributed by atoms with van der Waals surface area (Å²) in [6.45, 7) is 9.04. The molecule has 3 fully saturated rings. The van der Waals surface area contributed by atoms with Gasteiger partial charge in [0.15, 0.2) is 0 Å². The van der Waals surface area contributed by atoms with Gasteiger partial charge in [-0.05, 0) is 58.1 Å². The molecule has 4 rings (SSSR count). The summed E-state index contributed by atoms with van der Waals surface area (Å²) in [5, 5.41) is 3.30. The highest BCUT2D eigenvalue weighted by Gasteiger charge is 2.53. The van der Waals surface area contributed by atoms with Crippen LogP contribution >= 0.6 is 0 Å². The minimum atomic E-state index is -0.308. The lowest BCUT2D eigenvalue weighted by atomic mass is 9.74. The van der Waals surface area contributed by atoms with Crippen molar-refractivity contribution in [2.24, 2.45) is 17.3 Å². The average molecular weight is 358 g/mol. The third-order valence-electron chi connectivity index (χ3n) is 6.48. The molecule has 2 aliphatic heterocycles. The van der Waals surface area contributed by atoms with Crippen LogP contribution in [-0.2, 0) is 4.79 Å². The molecule has 2 atom stereocenters. The van der Waals surface area contributed by atoms with E-state index >= 15 is 0 Å². The van der Waals surface area contributed by atoms with Gasteiger partial charge in [-0.15, -0.1) is 0 Å². The lowest BCUT2D eigenvalue weighted by Gasteiger charge is -2.33. The van der Waals surface area contributed by atoms with Gasteiger partial charge in [0.1, 0.15) is 0 Å². The largest absolute Gasteiger partial charge is 0.355 e. The quantitative estimate of drug-likeness (QED) is 0.872. The molecule has 6 heteroatoms. The van der Waals surface area contributed by atoms with E-state index in [0.29, 0.717) is 17.9 Å². The van der Waals surface area contributed by atoms with Crippen molar-refractivity contribution >= 4 is 11.9 Å². The number of likely N-dealkylation sites (tertiary alicyclic amines) is 1. The van der Waals surface area contributed by atoms with E-state index in [4.69, 9.17) is 0 Å². The van der Waals surface area contributed by atoms with E-state index in [0.717, 1.165) is 51.5 Å². The first kappa shape index (κ1) is 17.7. The molecule has 0 aromatic carbocycles. The van der Waals surface area contributed by atoms with Gasteiger partial charge >= 0.3 is 0 Å². The van der Waals surface area contributed by atoms with Crippen LogP contribution in [0, 0.1) is 17.3 Å². The van der Waals surface area contributed by atoms with Gasteiger partial charge in [-0.2, -0.15) is 0 Å². The Morgan fingerprint density at radius 3 is 2.77 bits per heavy atom. The fraction of sp³-hybridized carbons (Fsp3) is 0.750. The molecule has 1 amide bonds. The van der Waals surface area contributed by atoms with Crippen LogP contribution in [0.15, 0.2) is 18.5 Å². The second-order valence-corrected chi connectivity index (χ2v) is 8.63. The lowest BCUT2D eigenvalue weighted by Crippen LogP contribution is -2.48. The molecule has 2 saturated heterocycles. The fourth-order valence-electron chi connectivity index (χ4n) is 4.64. The highest BCUT2D eigenvalue weighted by atomic mass is 16.2. The molecule has 3 heterocycles. The van der Waals surface area contributed by atoms with E-state index in [-0.39, 0.29) is 11.3 Å². The summed E-state index contributed by atoms with van der Waals surface area (Å²) < 4.78 is 0. The Kier molecular flexibility index (Phi) is 4.86. The maximum Gasteiger partial charge on any atom is 0.228 e. The number of nitrogens with zero attached hydrogens (tertiary/aromatic N) is 4. The molecule has 3 aliphatic rings. The number of amides is 1. The maximum absolute atomic E-state index is 13.3. The molecule has 0 bridgehead atoms. The summed E-state index contributed by atoms with van der Waals surface area (Å²) in [5.74, 6) is 2.06. The first-order valence-electron chi connectivity index (χ1n) is 10.1. The summed E-state index contributed by atoms with van der Waals surface area (Å²) in [7, 11) is 0. The molecular formula is C20H31N5O. The third kappa shape index (κ3) is 3.43. The standard InChI is InChI=1S/C20H31N5O/c1-15(2)24-10-3-7-20(18(26)23-11-16-5-6-16)14-25(13-17(20)12-24)19-21-8-4-9-22-19/h4,8-9,15-17H,3,5-7,10-14H2,1-2H3,(H,23,26)/t17-,20-/m0/s1. The van der Waals surface area contributed by atoms with Crippen LogP contribution in [0.2, 0.25) is 0 Å². The Morgan fingerprint density at radius 1 is 1.31 bits per heavy atom. The van der Waals surface area contributed by atoms with Gasteiger partial charge in [-0.1, -0.05) is 0 Å². The van der Waals surface area contributed by atoms with E-state index in [1.807, 2.05) is 6.07 Å². The van der Waals surface area contributed by atoms with E-state index in [1.165, 1.54) is 12.8 Å². The van der Waals surface area contributed by atoms with E-state index in [1.54, 1.807) is 12.4 Å². The van der Waals surface area contributed by atoms with E-state index in [9.17, 15) is 4.79 Å². The molecule has 6 nitrogen and oxygen atoms in total. The van der Waals surface area contributed by atoms with Crippen LogP contribution in [0.3, 0.4) is 0 Å². The van der Waals surface area contributed by atoms with Crippen molar-refractivity contribution < 1.29 is 4.79 Å². The molecule has 0 spiro atoms. The molecular weight excluding hydrogens is 326 g/mol. The Hall–Kier alpha value is -1.69. The van der Waals surface area contributed by atoms with Crippen LogP contribution in [0.5, 0.6) is 0 Å². The minimum absolute atomic E-state index is 0.262. The minimum Gasteiger partial charge on any atom is -0.355 e. The Bertz CT molecular complexity index is 632. The highest BCUT2D eigenvalue weighted by Crippen LogP contribution is 2.44. The number of aromatic nitrogens is 2. The van der Waals surface area contributed by atoms with E-state index in [2.05, 4.69) is 38.9 Å². The molecule has 1 aromatic rings. The van der Waals surface area contributed by atoms with Crippen LogP contribution in [0.4, 0.5) is 5.95 Å². The van der Waals surface area contributed by atoms with Gasteiger partial charge in [0.25, 0.3) is 0 Å². The van der Waals surface area contributed by atoms with Gasteiger partial charge in [0.05, 0.1) is 5.41 Å². The summed E-state index contributed by atoms with van der Waals surface area (Å²) in [5.41, 5.74) is -0.308. The normalized spacial score (nSPS) is 29.5.